The molecule has 0 aliphatic rings. The first-order chi connectivity index (χ1) is 8.49. The Morgan fingerprint density at radius 1 is 1.28 bits per heavy atom. The molecule has 0 fully saturated rings. The van der Waals surface area contributed by atoms with Crippen LogP contribution < -0.4 is 0 Å². The highest BCUT2D eigenvalue weighted by Crippen LogP contribution is 2.01. The second-order valence-corrected chi connectivity index (χ2v) is 3.30. The molecule has 1 atom stereocenters. The van der Waals surface area contributed by atoms with Gasteiger partial charge in [0, 0.05) is 13.2 Å². The fraction of sp³-hybridized carbons (Fsp3) is 0.545. The van der Waals surface area contributed by atoms with Crippen LogP contribution >= 0.6 is 0 Å². The van der Waals surface area contributed by atoms with Crippen LogP contribution in [0.2, 0.25) is 0 Å². The highest BCUT2D eigenvalue weighted by molar-refractivity contribution is 5.81. The Kier molecular flexibility index (Phi) is 8.21. The van der Waals surface area contributed by atoms with Crippen molar-refractivity contribution in [3.8, 4) is 0 Å². The summed E-state index contributed by atoms with van der Waals surface area (Å²) in [6, 6.07) is 0. The van der Waals surface area contributed by atoms with Gasteiger partial charge >= 0.3 is 17.9 Å². The number of carboxylic acids is 1. The first-order valence-electron chi connectivity index (χ1n) is 5.19. The number of hydrogen-bond donors (Lipinski definition) is 1. The molecule has 1 unspecified atom stereocenters. The second kappa shape index (κ2) is 9.17. The summed E-state index contributed by atoms with van der Waals surface area (Å²) in [5.74, 6) is -2.42. The van der Waals surface area contributed by atoms with E-state index < -0.39 is 24.0 Å². The molecule has 7 heteroatoms. The van der Waals surface area contributed by atoms with Crippen molar-refractivity contribution in [3.63, 3.8) is 0 Å². The molecule has 0 amide bonds. The van der Waals surface area contributed by atoms with E-state index in [1.165, 1.54) is 7.11 Å². The lowest BCUT2D eigenvalue weighted by Gasteiger charge is -2.16. The van der Waals surface area contributed by atoms with Crippen molar-refractivity contribution in [1.29, 1.82) is 0 Å². The second-order valence-electron chi connectivity index (χ2n) is 3.30. The third-order valence-corrected chi connectivity index (χ3v) is 1.77. The first-order valence-corrected chi connectivity index (χ1v) is 5.19. The van der Waals surface area contributed by atoms with Crippen LogP contribution in [-0.4, -0.2) is 49.4 Å². The molecule has 0 rings (SSSR count). The Morgan fingerprint density at radius 3 is 2.44 bits per heavy atom. The zero-order valence-corrected chi connectivity index (χ0v) is 10.1. The summed E-state index contributed by atoms with van der Waals surface area (Å²) in [6.07, 6.45) is -0.341. The van der Waals surface area contributed by atoms with Crippen molar-refractivity contribution < 1.29 is 33.7 Å². The zero-order chi connectivity index (χ0) is 14.0. The molecule has 0 bridgehead atoms. The van der Waals surface area contributed by atoms with Crippen molar-refractivity contribution in [2.75, 3.05) is 20.3 Å². The predicted octanol–water partition coefficient (Wildman–Crippen LogP) is 0.139. The highest BCUT2D eigenvalue weighted by Gasteiger charge is 2.17. The van der Waals surface area contributed by atoms with E-state index in [1.54, 1.807) is 0 Å². The molecule has 1 N–H and O–H groups in total. The first kappa shape index (κ1) is 16.1. The number of hydrogen-bond acceptors (Lipinski definition) is 6. The number of carboxylic acid groups (broad SMARTS) is 1. The summed E-state index contributed by atoms with van der Waals surface area (Å²) in [5.41, 5.74) is 0. The number of carbonyl (C=O) groups excluding carboxylic acids is 2. The fourth-order valence-electron chi connectivity index (χ4n) is 0.990. The molecule has 0 aromatic rings. The van der Waals surface area contributed by atoms with Crippen LogP contribution in [0.5, 0.6) is 0 Å². The minimum Gasteiger partial charge on any atom is -0.481 e. The predicted molar refractivity (Wildman–Crippen MR) is 59.8 cm³/mol. The van der Waals surface area contributed by atoms with Crippen molar-refractivity contribution in [2.45, 2.75) is 18.9 Å². The van der Waals surface area contributed by atoms with E-state index in [4.69, 9.17) is 19.3 Å². The Balaban J connectivity index is 4.08. The van der Waals surface area contributed by atoms with Crippen LogP contribution in [0.25, 0.3) is 0 Å². The minimum absolute atomic E-state index is 0.0449. The summed E-state index contributed by atoms with van der Waals surface area (Å²) < 4.78 is 14.4. The molecule has 0 radical (unpaired) electrons. The molecule has 102 valence electrons. The van der Waals surface area contributed by atoms with E-state index >= 15 is 0 Å². The Hall–Kier alpha value is -1.89. The Morgan fingerprint density at radius 2 is 1.94 bits per heavy atom. The molecule has 0 saturated carbocycles. The molecule has 0 aromatic carbocycles. The van der Waals surface area contributed by atoms with Gasteiger partial charge in [0.1, 0.15) is 6.61 Å². The van der Waals surface area contributed by atoms with Crippen LogP contribution in [0.4, 0.5) is 0 Å². The van der Waals surface area contributed by atoms with Gasteiger partial charge in [-0.15, -0.1) is 0 Å². The maximum atomic E-state index is 11.2. The van der Waals surface area contributed by atoms with Gasteiger partial charge in [0.2, 0.25) is 0 Å². The van der Waals surface area contributed by atoms with Gasteiger partial charge in [-0.1, -0.05) is 6.58 Å². The molecule has 0 spiro atoms. The van der Waals surface area contributed by atoms with Gasteiger partial charge in [0.15, 0.2) is 6.10 Å². The van der Waals surface area contributed by atoms with Crippen LogP contribution in [0.1, 0.15) is 12.8 Å². The van der Waals surface area contributed by atoms with Crippen molar-refractivity contribution in [2.24, 2.45) is 0 Å². The summed E-state index contributed by atoms with van der Waals surface area (Å²) in [5, 5.41) is 8.40. The monoisotopic (exact) mass is 260 g/mol. The van der Waals surface area contributed by atoms with E-state index in [2.05, 4.69) is 6.58 Å². The topological polar surface area (TPSA) is 99.1 Å². The van der Waals surface area contributed by atoms with E-state index in [0.29, 0.717) is 0 Å². The van der Waals surface area contributed by atoms with E-state index in [1.807, 2.05) is 0 Å². The Bertz CT molecular complexity index is 311. The largest absolute Gasteiger partial charge is 0.481 e. The summed E-state index contributed by atoms with van der Waals surface area (Å²) in [6.45, 7) is 3.09. The van der Waals surface area contributed by atoms with Gasteiger partial charge in [-0.25, -0.2) is 4.79 Å². The maximum Gasteiger partial charge on any atom is 0.330 e. The standard InChI is InChI=1S/C11H16O7/c1-3-10(14)17-7-8(6-16-2)18-11(15)5-4-9(12)13/h3,8H,1,4-7H2,2H3,(H,12,13). The minimum atomic E-state index is -1.09. The third kappa shape index (κ3) is 8.28. The average molecular weight is 260 g/mol. The lowest BCUT2D eigenvalue weighted by molar-refractivity contribution is -0.161. The zero-order valence-electron chi connectivity index (χ0n) is 10.1. The van der Waals surface area contributed by atoms with E-state index in [-0.39, 0.29) is 26.1 Å². The van der Waals surface area contributed by atoms with Gasteiger partial charge in [0.05, 0.1) is 19.4 Å². The van der Waals surface area contributed by atoms with Crippen LogP contribution in [0.3, 0.4) is 0 Å². The molecule has 0 aromatic heterocycles. The van der Waals surface area contributed by atoms with E-state index in [9.17, 15) is 14.4 Å². The number of ether oxygens (including phenoxy) is 3. The van der Waals surface area contributed by atoms with Gasteiger partial charge in [0.25, 0.3) is 0 Å². The molecule has 18 heavy (non-hydrogen) atoms. The lowest BCUT2D eigenvalue weighted by Crippen LogP contribution is -2.29. The molecule has 0 aliphatic carbocycles. The fourth-order valence-corrected chi connectivity index (χ4v) is 0.990. The summed E-state index contributed by atoms with van der Waals surface area (Å²) in [4.78, 5) is 32.3. The molecule has 0 aliphatic heterocycles. The van der Waals surface area contributed by atoms with Crippen molar-refractivity contribution >= 4 is 17.9 Å². The van der Waals surface area contributed by atoms with Crippen LogP contribution in [0.15, 0.2) is 12.7 Å². The van der Waals surface area contributed by atoms with Gasteiger partial charge < -0.3 is 19.3 Å². The molecular weight excluding hydrogens is 244 g/mol. The molecule has 0 saturated heterocycles. The smallest absolute Gasteiger partial charge is 0.330 e. The molecule has 7 nitrogen and oxygen atoms in total. The van der Waals surface area contributed by atoms with E-state index in [0.717, 1.165) is 6.08 Å². The summed E-state index contributed by atoms with van der Waals surface area (Å²) >= 11 is 0. The highest BCUT2D eigenvalue weighted by atomic mass is 16.6. The summed E-state index contributed by atoms with van der Waals surface area (Å²) in [7, 11) is 1.40. The number of methoxy groups -OCH3 is 1. The quantitative estimate of drug-likeness (QED) is 0.465. The SMILES string of the molecule is C=CC(=O)OCC(COC)OC(=O)CCC(=O)O. The third-order valence-electron chi connectivity index (χ3n) is 1.77. The number of rotatable bonds is 9. The van der Waals surface area contributed by atoms with Crippen LogP contribution in [0, 0.1) is 0 Å². The maximum absolute atomic E-state index is 11.2. The number of aliphatic carboxylic acids is 1. The molecule has 0 heterocycles. The lowest BCUT2D eigenvalue weighted by atomic mass is 10.3. The Labute approximate surface area is 104 Å². The van der Waals surface area contributed by atoms with Crippen LogP contribution in [-0.2, 0) is 28.6 Å². The van der Waals surface area contributed by atoms with Crippen molar-refractivity contribution in [1.82, 2.24) is 0 Å². The number of esters is 2. The number of carbonyl (C=O) groups is 3. The van der Waals surface area contributed by atoms with Gasteiger partial charge in [-0.05, 0) is 0 Å². The normalized spacial score (nSPS) is 11.4. The molecular formula is C11H16O7. The van der Waals surface area contributed by atoms with Crippen molar-refractivity contribution in [3.05, 3.63) is 12.7 Å². The van der Waals surface area contributed by atoms with Gasteiger partial charge in [-0.3, -0.25) is 9.59 Å². The van der Waals surface area contributed by atoms with Gasteiger partial charge in [-0.2, -0.15) is 0 Å². The average Bonchev–Trinajstić information content (AvgIpc) is 2.33.